The summed E-state index contributed by atoms with van der Waals surface area (Å²) in [6.45, 7) is 15.0. The molecule has 103 heavy (non-hydrogen) atoms. The highest BCUT2D eigenvalue weighted by molar-refractivity contribution is 7.00. The van der Waals surface area contributed by atoms with E-state index < -0.39 is 5.41 Å². The zero-order chi connectivity index (χ0) is 69.0. The van der Waals surface area contributed by atoms with Gasteiger partial charge in [-0.2, -0.15) is 5.26 Å². The Bertz CT molecular complexity index is 5780. The molecule has 17 aromatic rings. The fraction of sp³-hybridized carbons (Fsp3) is 0.0417. The standard InChI is InChI=1S/C96H65BN6/c1-96(2,3)71-57-91-93-92(58-71)103(95-81(65-32-13-7-14-33-65)55-70(68-37-26-38-72(52-68)99-4)56-82(95)66-34-15-8-16-35-66)90-60-74(101-87-45-23-19-41-77(87)78-42-20-24-46-88(78)101)48-50-84(90)97(93)83-49-47-73(100-85-43-21-17-39-75(85)76-40-18-22-44-86(76)100)59-89(83)102(91)94-79(63-28-9-5-10-29-63)53-69(67-36-25-27-62(51-67)61-98)54-80(94)64-30-11-6-12-31-64/h5-60H,1-3H3. The van der Waals surface area contributed by atoms with Crippen LogP contribution in [0.3, 0.4) is 0 Å². The summed E-state index contributed by atoms with van der Waals surface area (Å²) in [4.78, 5) is 9.26. The van der Waals surface area contributed by atoms with Gasteiger partial charge in [-0.3, -0.25) is 0 Å². The largest absolute Gasteiger partial charge is 0.310 e. The predicted molar refractivity (Wildman–Crippen MR) is 431 cm³/mol. The van der Waals surface area contributed by atoms with E-state index in [2.05, 4.69) is 354 Å². The summed E-state index contributed by atoms with van der Waals surface area (Å²) in [5.74, 6) is 0. The van der Waals surface area contributed by atoms with Gasteiger partial charge in [0.05, 0.1) is 51.6 Å². The van der Waals surface area contributed by atoms with Crippen LogP contribution in [0.25, 0.3) is 127 Å². The Kier molecular flexibility index (Phi) is 14.2. The summed E-state index contributed by atoms with van der Waals surface area (Å²) in [5.41, 5.74) is 30.8. The molecule has 2 aliphatic heterocycles. The molecule has 0 amide bonds. The molecule has 0 bridgehead atoms. The molecule has 0 radical (unpaired) electrons. The SMILES string of the molecule is [C-]#[N+]c1cccc(-c2cc(-c3ccccc3)c(N3c4cc(-n5c6ccccc6c6ccccc65)ccc4B4c5ccc(-n6c7ccccc7c7ccccc76)cc5N(c5c(-c6ccccc6)cc(-c6cccc(C#N)c6)cc5-c5ccccc5)c5cc(C(C)(C)C)cc3c54)c(-c3ccccc3)c2)c1. The zero-order valence-electron chi connectivity index (χ0n) is 57.1. The number of nitriles is 1. The number of para-hydroxylation sites is 4. The average Bonchev–Trinajstić information content (AvgIpc) is 0.950. The van der Waals surface area contributed by atoms with Crippen LogP contribution < -0.4 is 26.2 Å². The first kappa shape index (κ1) is 60.7. The molecule has 482 valence electrons. The monoisotopic (exact) mass is 1310 g/mol. The molecule has 0 saturated heterocycles. The zero-order valence-corrected chi connectivity index (χ0v) is 57.1. The molecule has 15 aromatic carbocycles. The Balaban J connectivity index is 1.00. The fourth-order valence-electron chi connectivity index (χ4n) is 16.5. The van der Waals surface area contributed by atoms with Crippen molar-refractivity contribution in [3.05, 3.63) is 362 Å². The van der Waals surface area contributed by atoms with Crippen LogP contribution in [0.1, 0.15) is 31.9 Å². The molecule has 2 aliphatic rings. The van der Waals surface area contributed by atoms with E-state index in [1.807, 2.05) is 36.4 Å². The maximum absolute atomic E-state index is 10.5. The van der Waals surface area contributed by atoms with Crippen molar-refractivity contribution in [2.75, 3.05) is 9.80 Å². The number of benzene rings is 15. The minimum absolute atomic E-state index is 0.305. The molecule has 0 aliphatic carbocycles. The van der Waals surface area contributed by atoms with Gasteiger partial charge in [0.15, 0.2) is 5.69 Å². The Morgan fingerprint density at radius 3 is 1.05 bits per heavy atom. The molecule has 0 atom stereocenters. The Labute approximate surface area is 599 Å². The van der Waals surface area contributed by atoms with Crippen LogP contribution in [0.2, 0.25) is 0 Å². The van der Waals surface area contributed by atoms with Gasteiger partial charge in [0.25, 0.3) is 6.71 Å². The second-order valence-electron chi connectivity index (χ2n) is 28.2. The number of hydrogen-bond donors (Lipinski definition) is 0. The van der Waals surface area contributed by atoms with Crippen molar-refractivity contribution >= 4 is 107 Å². The lowest BCUT2D eigenvalue weighted by atomic mass is 9.33. The predicted octanol–water partition coefficient (Wildman–Crippen LogP) is 23.7. The molecular weight excluding hydrogens is 1250 g/mol. The fourth-order valence-corrected chi connectivity index (χ4v) is 16.5. The van der Waals surface area contributed by atoms with Crippen LogP contribution in [-0.2, 0) is 5.41 Å². The van der Waals surface area contributed by atoms with Crippen molar-refractivity contribution in [2.24, 2.45) is 0 Å². The highest BCUT2D eigenvalue weighted by Gasteiger charge is 2.46. The van der Waals surface area contributed by atoms with E-state index in [1.54, 1.807) is 0 Å². The maximum Gasteiger partial charge on any atom is 0.252 e. The van der Waals surface area contributed by atoms with E-state index in [4.69, 9.17) is 6.57 Å². The molecule has 0 N–H and O–H groups in total. The number of rotatable bonds is 10. The van der Waals surface area contributed by atoms with E-state index in [9.17, 15) is 5.26 Å². The van der Waals surface area contributed by atoms with E-state index in [0.29, 0.717) is 11.3 Å². The second-order valence-corrected chi connectivity index (χ2v) is 28.2. The molecular formula is C96H65BN6. The van der Waals surface area contributed by atoms with Gasteiger partial charge in [-0.15, -0.1) is 0 Å². The lowest BCUT2D eigenvalue weighted by molar-refractivity contribution is 0.590. The van der Waals surface area contributed by atoms with Crippen LogP contribution in [-0.4, -0.2) is 15.8 Å². The van der Waals surface area contributed by atoms with Crippen LogP contribution in [0.15, 0.2) is 340 Å². The van der Waals surface area contributed by atoms with Gasteiger partial charge in [0.1, 0.15) is 0 Å². The topological polar surface area (TPSA) is 44.5 Å². The van der Waals surface area contributed by atoms with Crippen molar-refractivity contribution in [1.82, 2.24) is 9.13 Å². The van der Waals surface area contributed by atoms with Crippen molar-refractivity contribution < 1.29 is 0 Å². The maximum atomic E-state index is 10.5. The molecule has 0 unspecified atom stereocenters. The molecule has 0 spiro atoms. The summed E-state index contributed by atoms with van der Waals surface area (Å²) >= 11 is 0. The Morgan fingerprint density at radius 1 is 0.330 bits per heavy atom. The third kappa shape index (κ3) is 9.92. The number of fused-ring (bicyclic) bond motifs is 10. The number of anilines is 6. The minimum atomic E-state index is -0.392. The van der Waals surface area contributed by atoms with Crippen molar-refractivity contribution in [1.29, 1.82) is 5.26 Å². The smallest absolute Gasteiger partial charge is 0.252 e. The van der Waals surface area contributed by atoms with Gasteiger partial charge in [-0.1, -0.05) is 257 Å². The Hall–Kier alpha value is -13.5. The number of nitrogens with zero attached hydrogens (tertiary/aromatic N) is 6. The molecule has 4 heterocycles. The first-order valence-electron chi connectivity index (χ1n) is 35.3. The lowest BCUT2D eigenvalue weighted by Gasteiger charge is -2.46. The van der Waals surface area contributed by atoms with Crippen LogP contribution in [0.5, 0.6) is 0 Å². The lowest BCUT2D eigenvalue weighted by Crippen LogP contribution is -2.61. The third-order valence-corrected chi connectivity index (χ3v) is 21.2. The van der Waals surface area contributed by atoms with Crippen molar-refractivity contribution in [3.8, 4) is 84.2 Å². The summed E-state index contributed by atoms with van der Waals surface area (Å²) in [7, 11) is 0. The molecule has 0 saturated carbocycles. The number of aromatic nitrogens is 2. The normalized spacial score (nSPS) is 12.3. The molecule has 0 fully saturated rings. The van der Waals surface area contributed by atoms with Gasteiger partial charge >= 0.3 is 0 Å². The van der Waals surface area contributed by atoms with Gasteiger partial charge in [-0.25, -0.2) is 4.85 Å². The van der Waals surface area contributed by atoms with E-state index >= 15 is 0 Å². The van der Waals surface area contributed by atoms with E-state index in [-0.39, 0.29) is 6.71 Å². The van der Waals surface area contributed by atoms with Crippen LogP contribution >= 0.6 is 0 Å². The quantitative estimate of drug-likeness (QED) is 0.101. The highest BCUT2D eigenvalue weighted by Crippen LogP contribution is 2.56. The summed E-state index contributed by atoms with van der Waals surface area (Å²) in [5, 5.41) is 15.3. The van der Waals surface area contributed by atoms with Gasteiger partial charge in [-0.05, 0) is 175 Å². The summed E-state index contributed by atoms with van der Waals surface area (Å²) in [6.07, 6.45) is 0. The first-order chi connectivity index (χ1) is 50.6. The van der Waals surface area contributed by atoms with Crippen molar-refractivity contribution in [3.63, 3.8) is 0 Å². The minimum Gasteiger partial charge on any atom is -0.310 e. The molecule has 2 aromatic heterocycles. The van der Waals surface area contributed by atoms with E-state index in [0.717, 1.165) is 140 Å². The summed E-state index contributed by atoms with van der Waals surface area (Å²) in [6, 6.07) is 127. The highest BCUT2D eigenvalue weighted by atomic mass is 15.2. The summed E-state index contributed by atoms with van der Waals surface area (Å²) < 4.78 is 4.92. The first-order valence-corrected chi connectivity index (χ1v) is 35.3. The van der Waals surface area contributed by atoms with E-state index in [1.165, 1.54) is 38.0 Å². The Morgan fingerprint density at radius 2 is 0.680 bits per heavy atom. The molecule has 19 rings (SSSR count). The third-order valence-electron chi connectivity index (χ3n) is 21.2. The van der Waals surface area contributed by atoms with Crippen LogP contribution in [0.4, 0.5) is 39.8 Å². The number of hydrogen-bond acceptors (Lipinski definition) is 3. The van der Waals surface area contributed by atoms with Crippen molar-refractivity contribution in [2.45, 2.75) is 26.2 Å². The average molecular weight is 1310 g/mol. The van der Waals surface area contributed by atoms with Gasteiger partial charge < -0.3 is 18.9 Å². The second kappa shape index (κ2) is 24.2. The van der Waals surface area contributed by atoms with Crippen LogP contribution in [0, 0.1) is 17.9 Å². The van der Waals surface area contributed by atoms with Gasteiger partial charge in [0.2, 0.25) is 0 Å². The molecule has 6 nitrogen and oxygen atoms in total. The molecule has 7 heteroatoms. The van der Waals surface area contributed by atoms with Gasteiger partial charge in [0, 0.05) is 77.9 Å².